The van der Waals surface area contributed by atoms with Crippen LogP contribution in [0.4, 0.5) is 0 Å². The molecule has 206 valence electrons. The number of fused-ring (bicyclic) bond motifs is 1. The van der Waals surface area contributed by atoms with Crippen molar-refractivity contribution in [3.8, 4) is 5.75 Å². The number of amides is 2. The zero-order valence-electron chi connectivity index (χ0n) is 22.8. The average Bonchev–Trinajstić information content (AvgIpc) is 2.94. The fraction of sp³-hybridized carbons (Fsp3) is 0.367. The highest BCUT2D eigenvalue weighted by Gasteiger charge is 2.38. The lowest BCUT2D eigenvalue weighted by Gasteiger charge is -2.45. The Labute approximate surface area is 228 Å². The molecule has 0 spiro atoms. The molecule has 1 aliphatic heterocycles. The Hall–Kier alpha value is -4.11. The van der Waals surface area contributed by atoms with E-state index in [1.54, 1.807) is 16.7 Å². The monoisotopic (exact) mass is 532 g/mol. The fourth-order valence-electron chi connectivity index (χ4n) is 4.74. The number of unbranched alkanes of at least 4 members (excludes halogenated alkanes) is 1. The van der Waals surface area contributed by atoms with Gasteiger partial charge in [-0.2, -0.15) is 0 Å². The normalized spacial score (nSPS) is 13.0. The highest BCUT2D eigenvalue weighted by Crippen LogP contribution is 2.33. The molecule has 9 nitrogen and oxygen atoms in total. The zero-order chi connectivity index (χ0) is 27.8. The van der Waals surface area contributed by atoms with Gasteiger partial charge in [0, 0.05) is 26.6 Å². The van der Waals surface area contributed by atoms with E-state index in [1.165, 1.54) is 13.0 Å². The lowest BCUT2D eigenvalue weighted by atomic mass is 9.98. The van der Waals surface area contributed by atoms with E-state index in [9.17, 15) is 14.4 Å². The number of carbonyl (C=O) groups is 2. The van der Waals surface area contributed by atoms with Gasteiger partial charge < -0.3 is 19.7 Å². The smallest absolute Gasteiger partial charge is 0.277 e. The minimum atomic E-state index is -0.393. The molecule has 2 heterocycles. The molecule has 39 heavy (non-hydrogen) atoms. The molecule has 0 unspecified atom stereocenters. The number of methoxy groups -OCH3 is 1. The van der Waals surface area contributed by atoms with Crippen molar-refractivity contribution in [1.29, 1.82) is 0 Å². The molecule has 3 aromatic rings. The summed E-state index contributed by atoms with van der Waals surface area (Å²) in [4.78, 5) is 40.9. The predicted molar refractivity (Wildman–Crippen MR) is 149 cm³/mol. The van der Waals surface area contributed by atoms with Crippen molar-refractivity contribution in [3.63, 3.8) is 0 Å². The quantitative estimate of drug-likeness (QED) is 0.359. The molecule has 0 saturated carbocycles. The average molecular weight is 533 g/mol. The summed E-state index contributed by atoms with van der Waals surface area (Å²) in [6.45, 7) is 4.74. The van der Waals surface area contributed by atoms with Gasteiger partial charge in [0.1, 0.15) is 6.67 Å². The molecule has 1 aromatic heterocycles. The van der Waals surface area contributed by atoms with Crippen molar-refractivity contribution in [3.05, 3.63) is 99.5 Å². The fourth-order valence-corrected chi connectivity index (χ4v) is 4.74. The maximum Gasteiger partial charge on any atom is 0.277 e. The van der Waals surface area contributed by atoms with Gasteiger partial charge in [0.2, 0.25) is 11.3 Å². The van der Waals surface area contributed by atoms with Crippen molar-refractivity contribution in [2.45, 2.75) is 39.3 Å². The van der Waals surface area contributed by atoms with Gasteiger partial charge in [0.25, 0.3) is 5.91 Å². The van der Waals surface area contributed by atoms with Crippen LogP contribution in [-0.4, -0.2) is 54.9 Å². The van der Waals surface area contributed by atoms with Gasteiger partial charge in [-0.1, -0.05) is 74.0 Å². The number of carbonyl (C=O) groups excluding carboxylic acids is 2. The number of hydrogen-bond acceptors (Lipinski definition) is 6. The first-order valence-electron chi connectivity index (χ1n) is 13.3. The van der Waals surface area contributed by atoms with Gasteiger partial charge in [-0.3, -0.25) is 19.4 Å². The molecule has 2 aromatic carbocycles. The molecule has 0 aliphatic carbocycles. The number of hydrogen-bond donors (Lipinski definition) is 1. The highest BCUT2D eigenvalue weighted by molar-refractivity contribution is 5.96. The predicted octanol–water partition coefficient (Wildman–Crippen LogP) is 3.45. The van der Waals surface area contributed by atoms with Crippen LogP contribution in [0.2, 0.25) is 0 Å². The second-order valence-corrected chi connectivity index (χ2v) is 9.47. The van der Waals surface area contributed by atoms with Crippen LogP contribution < -0.4 is 20.5 Å². The standard InChI is InChI=1S/C30H36N4O5/c1-4-5-17-39-29-26(36)19-25(20-31-22(2)35)34-28(29)30(37)32(16-18-38-3)21-33(34)27(23-12-8-6-9-13-23)24-14-10-7-11-15-24/h6-15,19,27H,4-5,16-18,20-21H2,1-3H3,(H,31,35). The first kappa shape index (κ1) is 27.9. The van der Waals surface area contributed by atoms with Crippen LogP contribution in [0.1, 0.15) is 60.0 Å². The molecule has 1 aliphatic rings. The third kappa shape index (κ3) is 6.31. The van der Waals surface area contributed by atoms with Crippen molar-refractivity contribution in [1.82, 2.24) is 14.9 Å². The number of aromatic nitrogens is 1. The lowest BCUT2D eigenvalue weighted by molar-refractivity contribution is -0.119. The van der Waals surface area contributed by atoms with Crippen molar-refractivity contribution >= 4 is 11.8 Å². The molecule has 9 heteroatoms. The summed E-state index contributed by atoms with van der Waals surface area (Å²) in [7, 11) is 1.59. The molecule has 0 radical (unpaired) electrons. The second-order valence-electron chi connectivity index (χ2n) is 9.47. The first-order valence-corrected chi connectivity index (χ1v) is 13.3. The summed E-state index contributed by atoms with van der Waals surface area (Å²) < 4.78 is 13.1. The lowest BCUT2D eigenvalue weighted by Crippen LogP contribution is -2.57. The van der Waals surface area contributed by atoms with E-state index < -0.39 is 5.43 Å². The van der Waals surface area contributed by atoms with Crippen LogP contribution in [0.5, 0.6) is 5.75 Å². The van der Waals surface area contributed by atoms with E-state index >= 15 is 0 Å². The third-order valence-electron chi connectivity index (χ3n) is 6.64. The van der Waals surface area contributed by atoms with Gasteiger partial charge in [0.15, 0.2) is 11.4 Å². The minimum absolute atomic E-state index is 0.0204. The van der Waals surface area contributed by atoms with Crippen LogP contribution >= 0.6 is 0 Å². The summed E-state index contributed by atoms with van der Waals surface area (Å²) in [5.41, 5.74) is 2.26. The second kappa shape index (κ2) is 13.1. The Morgan fingerprint density at radius 2 is 1.64 bits per heavy atom. The van der Waals surface area contributed by atoms with Gasteiger partial charge >= 0.3 is 0 Å². The van der Waals surface area contributed by atoms with Crippen LogP contribution in [0.25, 0.3) is 0 Å². The molecule has 2 amide bonds. The SMILES string of the molecule is CCCCOc1c2n(c(CNC(C)=O)cc1=O)N(C(c1ccccc1)c1ccccc1)CN(CCOC)C2=O. The van der Waals surface area contributed by atoms with E-state index in [4.69, 9.17) is 9.47 Å². The molecule has 0 fully saturated rings. The summed E-state index contributed by atoms with van der Waals surface area (Å²) in [5.74, 6) is -0.540. The topological polar surface area (TPSA) is 93.1 Å². The van der Waals surface area contributed by atoms with Gasteiger partial charge in [-0.25, -0.2) is 4.68 Å². The van der Waals surface area contributed by atoms with E-state index in [2.05, 4.69) is 10.3 Å². The summed E-state index contributed by atoms with van der Waals surface area (Å²) in [6, 6.07) is 21.2. The summed E-state index contributed by atoms with van der Waals surface area (Å²) in [5, 5.41) is 4.86. The van der Waals surface area contributed by atoms with E-state index in [0.29, 0.717) is 25.5 Å². The highest BCUT2D eigenvalue weighted by atomic mass is 16.5. The van der Waals surface area contributed by atoms with Gasteiger partial charge in [0.05, 0.1) is 31.5 Å². The van der Waals surface area contributed by atoms with E-state index in [1.807, 2.05) is 67.6 Å². The van der Waals surface area contributed by atoms with E-state index in [-0.39, 0.29) is 42.5 Å². The van der Waals surface area contributed by atoms with Gasteiger partial charge in [-0.15, -0.1) is 0 Å². The first-order chi connectivity index (χ1) is 19.0. The van der Waals surface area contributed by atoms with Crippen molar-refractivity contribution in [2.24, 2.45) is 0 Å². The van der Waals surface area contributed by atoms with Crippen LogP contribution in [-0.2, 0) is 16.1 Å². The van der Waals surface area contributed by atoms with Crippen molar-refractivity contribution < 1.29 is 19.1 Å². The van der Waals surface area contributed by atoms with Crippen molar-refractivity contribution in [2.75, 3.05) is 38.5 Å². The minimum Gasteiger partial charge on any atom is -0.487 e. The van der Waals surface area contributed by atoms with E-state index in [0.717, 1.165) is 24.0 Å². The van der Waals surface area contributed by atoms with Crippen LogP contribution in [0, 0.1) is 0 Å². The largest absolute Gasteiger partial charge is 0.487 e. The third-order valence-corrected chi connectivity index (χ3v) is 6.64. The molecular weight excluding hydrogens is 496 g/mol. The number of rotatable bonds is 12. The summed E-state index contributed by atoms with van der Waals surface area (Å²) >= 11 is 0. The Morgan fingerprint density at radius 1 is 1.00 bits per heavy atom. The maximum atomic E-state index is 14.0. The van der Waals surface area contributed by atoms with Crippen LogP contribution in [0.15, 0.2) is 71.5 Å². The van der Waals surface area contributed by atoms with Gasteiger partial charge in [-0.05, 0) is 17.5 Å². The number of nitrogens with zero attached hydrogens (tertiary/aromatic N) is 3. The Morgan fingerprint density at radius 3 is 2.21 bits per heavy atom. The molecular formula is C30H36N4O5. The number of pyridine rings is 1. The number of nitrogens with one attached hydrogen (secondary N) is 1. The maximum absolute atomic E-state index is 14.0. The molecule has 1 N–H and O–H groups in total. The summed E-state index contributed by atoms with van der Waals surface area (Å²) in [6.07, 6.45) is 1.63. The number of ether oxygens (including phenoxy) is 2. The molecule has 0 saturated heterocycles. The molecule has 4 rings (SSSR count). The molecule has 0 bridgehead atoms. The molecule has 0 atom stereocenters. The van der Waals surface area contributed by atoms with Crippen LogP contribution in [0.3, 0.4) is 0 Å². The zero-order valence-corrected chi connectivity index (χ0v) is 22.8. The Balaban J connectivity index is 1.98. The Bertz CT molecular complexity index is 1290. The number of benzene rings is 2. The Kier molecular flexibility index (Phi) is 9.38.